The summed E-state index contributed by atoms with van der Waals surface area (Å²) in [6.45, 7) is 0. The van der Waals surface area contributed by atoms with Crippen molar-refractivity contribution in [1.82, 2.24) is 0 Å². The normalized spacial score (nSPS) is 9.42. The van der Waals surface area contributed by atoms with Crippen LogP contribution in [0.25, 0.3) is 0 Å². The second-order valence-electron chi connectivity index (χ2n) is 2.10. The Labute approximate surface area is 67.9 Å². The number of nitrogens with two attached hydrogens (primary N) is 2. The molecule has 4 nitrogen and oxygen atoms in total. The van der Waals surface area contributed by atoms with Crippen LogP contribution in [0.1, 0.15) is 0 Å². The Morgan fingerprint density at radius 3 is 2.67 bits per heavy atom. The summed E-state index contributed by atoms with van der Waals surface area (Å²) in [5, 5.41) is 0. The highest BCUT2D eigenvalue weighted by atomic mass is 19.1. The molecular weight excluding hydrogens is 163 g/mol. The van der Waals surface area contributed by atoms with Gasteiger partial charge in [-0.05, 0) is 12.1 Å². The van der Waals surface area contributed by atoms with Crippen LogP contribution in [0.5, 0.6) is 5.75 Å². The molecule has 12 heavy (non-hydrogen) atoms. The van der Waals surface area contributed by atoms with Crippen LogP contribution in [-0.4, -0.2) is 6.09 Å². The van der Waals surface area contributed by atoms with E-state index in [0.717, 1.165) is 6.07 Å². The van der Waals surface area contributed by atoms with Gasteiger partial charge in [-0.2, -0.15) is 0 Å². The van der Waals surface area contributed by atoms with E-state index in [4.69, 9.17) is 11.5 Å². The van der Waals surface area contributed by atoms with Crippen LogP contribution in [0.4, 0.5) is 14.9 Å². The van der Waals surface area contributed by atoms with E-state index in [1.165, 1.54) is 12.1 Å². The quantitative estimate of drug-likeness (QED) is 0.613. The van der Waals surface area contributed by atoms with Crippen LogP contribution in [0.3, 0.4) is 0 Å². The third-order valence-corrected chi connectivity index (χ3v) is 1.19. The van der Waals surface area contributed by atoms with Gasteiger partial charge in [-0.1, -0.05) is 0 Å². The standard InChI is InChI=1S/C7H7FN2O2/c8-5-2-1-4(3-6(5)9)12-7(10)11/h1-3H,9H2,(H2,10,11). The third kappa shape index (κ3) is 1.85. The van der Waals surface area contributed by atoms with E-state index < -0.39 is 11.9 Å². The molecule has 1 amide bonds. The number of rotatable bonds is 1. The van der Waals surface area contributed by atoms with Gasteiger partial charge in [0.1, 0.15) is 11.6 Å². The predicted molar refractivity (Wildman–Crippen MR) is 41.0 cm³/mol. The van der Waals surface area contributed by atoms with Crippen LogP contribution in [0, 0.1) is 5.82 Å². The molecule has 0 bridgehead atoms. The van der Waals surface area contributed by atoms with Crippen molar-refractivity contribution in [2.45, 2.75) is 0 Å². The van der Waals surface area contributed by atoms with Crippen LogP contribution in [0.2, 0.25) is 0 Å². The molecule has 0 saturated heterocycles. The summed E-state index contributed by atoms with van der Waals surface area (Å²) in [6.07, 6.45) is -0.957. The molecule has 0 unspecified atom stereocenters. The van der Waals surface area contributed by atoms with Gasteiger partial charge in [0.05, 0.1) is 5.69 Å². The number of carbonyl (C=O) groups is 1. The van der Waals surface area contributed by atoms with Gasteiger partial charge in [0.2, 0.25) is 0 Å². The Morgan fingerprint density at radius 2 is 2.17 bits per heavy atom. The zero-order chi connectivity index (χ0) is 9.14. The fourth-order valence-electron chi connectivity index (χ4n) is 0.701. The summed E-state index contributed by atoms with van der Waals surface area (Å²) < 4.78 is 17.0. The van der Waals surface area contributed by atoms with E-state index in [1.807, 2.05) is 0 Å². The molecule has 0 aliphatic carbocycles. The Balaban J connectivity index is 2.89. The van der Waals surface area contributed by atoms with Gasteiger partial charge in [-0.3, -0.25) is 0 Å². The predicted octanol–water partition coefficient (Wildman–Crippen LogP) is 0.865. The van der Waals surface area contributed by atoms with Gasteiger partial charge in [0.25, 0.3) is 0 Å². The first-order chi connectivity index (χ1) is 5.59. The molecule has 0 heterocycles. The van der Waals surface area contributed by atoms with Crippen molar-refractivity contribution in [3.05, 3.63) is 24.0 Å². The van der Waals surface area contributed by atoms with Crippen molar-refractivity contribution in [2.75, 3.05) is 5.73 Å². The van der Waals surface area contributed by atoms with Gasteiger partial charge in [-0.25, -0.2) is 9.18 Å². The van der Waals surface area contributed by atoms with E-state index in [2.05, 4.69) is 4.74 Å². The van der Waals surface area contributed by atoms with Gasteiger partial charge >= 0.3 is 6.09 Å². The van der Waals surface area contributed by atoms with Crippen molar-refractivity contribution in [3.63, 3.8) is 0 Å². The Kier molecular flexibility index (Phi) is 2.14. The first-order valence-electron chi connectivity index (χ1n) is 3.12. The molecule has 0 fully saturated rings. The third-order valence-electron chi connectivity index (χ3n) is 1.19. The van der Waals surface area contributed by atoms with E-state index in [9.17, 15) is 9.18 Å². The number of hydrogen-bond donors (Lipinski definition) is 2. The molecule has 0 radical (unpaired) electrons. The fourth-order valence-corrected chi connectivity index (χ4v) is 0.701. The molecule has 1 rings (SSSR count). The number of primary amides is 1. The average Bonchev–Trinajstić information content (AvgIpc) is 1.96. The molecule has 4 N–H and O–H groups in total. The van der Waals surface area contributed by atoms with Gasteiger partial charge in [0, 0.05) is 6.07 Å². The highest BCUT2D eigenvalue weighted by molar-refractivity contribution is 5.68. The molecule has 0 atom stereocenters. The SMILES string of the molecule is NC(=O)Oc1ccc(F)c(N)c1. The lowest BCUT2D eigenvalue weighted by molar-refractivity contribution is 0.211. The smallest absolute Gasteiger partial charge is 0.409 e. The van der Waals surface area contributed by atoms with Crippen LogP contribution in [0.15, 0.2) is 18.2 Å². The zero-order valence-corrected chi connectivity index (χ0v) is 6.08. The van der Waals surface area contributed by atoms with Crippen LogP contribution < -0.4 is 16.2 Å². The number of amides is 1. The van der Waals surface area contributed by atoms with E-state index >= 15 is 0 Å². The van der Waals surface area contributed by atoms with E-state index in [-0.39, 0.29) is 11.4 Å². The van der Waals surface area contributed by atoms with Crippen molar-refractivity contribution in [1.29, 1.82) is 0 Å². The Morgan fingerprint density at radius 1 is 1.50 bits per heavy atom. The van der Waals surface area contributed by atoms with E-state index in [0.29, 0.717) is 0 Å². The molecule has 0 aliphatic heterocycles. The number of nitrogen functional groups attached to an aromatic ring is 1. The number of ether oxygens (including phenoxy) is 1. The number of anilines is 1. The van der Waals surface area contributed by atoms with Crippen molar-refractivity contribution >= 4 is 11.8 Å². The lowest BCUT2D eigenvalue weighted by Crippen LogP contribution is -2.16. The number of hydrogen-bond acceptors (Lipinski definition) is 3. The first-order valence-corrected chi connectivity index (χ1v) is 3.12. The van der Waals surface area contributed by atoms with Crippen LogP contribution >= 0.6 is 0 Å². The number of halogens is 1. The van der Waals surface area contributed by atoms with Crippen LogP contribution in [-0.2, 0) is 0 Å². The maximum atomic E-state index is 12.5. The van der Waals surface area contributed by atoms with Crippen molar-refractivity contribution in [2.24, 2.45) is 5.73 Å². The van der Waals surface area contributed by atoms with Gasteiger partial charge in [0.15, 0.2) is 0 Å². The monoisotopic (exact) mass is 170 g/mol. The summed E-state index contributed by atoms with van der Waals surface area (Å²) >= 11 is 0. The molecular formula is C7H7FN2O2. The Bertz CT molecular complexity index is 314. The molecule has 0 saturated carbocycles. The largest absolute Gasteiger partial charge is 0.410 e. The minimum atomic E-state index is -0.957. The van der Waals surface area contributed by atoms with Gasteiger partial charge < -0.3 is 16.2 Å². The maximum Gasteiger partial charge on any atom is 0.409 e. The van der Waals surface area contributed by atoms with Crippen molar-refractivity contribution < 1.29 is 13.9 Å². The fraction of sp³-hybridized carbons (Fsp3) is 0. The molecule has 5 heteroatoms. The first kappa shape index (κ1) is 8.32. The minimum Gasteiger partial charge on any atom is -0.410 e. The topological polar surface area (TPSA) is 78.3 Å². The second kappa shape index (κ2) is 3.08. The zero-order valence-electron chi connectivity index (χ0n) is 6.08. The van der Waals surface area contributed by atoms with Crippen molar-refractivity contribution in [3.8, 4) is 5.75 Å². The van der Waals surface area contributed by atoms with E-state index in [1.54, 1.807) is 0 Å². The van der Waals surface area contributed by atoms with Gasteiger partial charge in [-0.15, -0.1) is 0 Å². The summed E-state index contributed by atoms with van der Waals surface area (Å²) in [4.78, 5) is 10.2. The summed E-state index contributed by atoms with van der Waals surface area (Å²) in [5.41, 5.74) is 9.82. The molecule has 0 aromatic heterocycles. The molecule has 1 aromatic carbocycles. The number of benzene rings is 1. The lowest BCUT2D eigenvalue weighted by Gasteiger charge is -2.01. The molecule has 64 valence electrons. The summed E-state index contributed by atoms with van der Waals surface area (Å²) in [6, 6.07) is 3.53. The Hall–Kier alpha value is -1.78. The summed E-state index contributed by atoms with van der Waals surface area (Å²) in [7, 11) is 0. The second-order valence-corrected chi connectivity index (χ2v) is 2.10. The molecule has 0 aliphatic rings. The maximum absolute atomic E-state index is 12.5. The lowest BCUT2D eigenvalue weighted by atomic mass is 10.3. The number of carbonyl (C=O) groups excluding carboxylic acids is 1. The summed E-state index contributed by atoms with van der Waals surface area (Å²) in [5.74, 6) is -0.437. The highest BCUT2D eigenvalue weighted by Crippen LogP contribution is 2.17. The molecule has 0 spiro atoms. The highest BCUT2D eigenvalue weighted by Gasteiger charge is 2.02. The average molecular weight is 170 g/mol. The molecule has 1 aromatic rings. The minimum absolute atomic E-state index is 0.0891.